The number of hydrogen-bond acceptors (Lipinski definition) is 6. The van der Waals surface area contributed by atoms with Crippen molar-refractivity contribution in [3.05, 3.63) is 71.8 Å². The van der Waals surface area contributed by atoms with Crippen molar-refractivity contribution in [2.75, 3.05) is 25.7 Å². The quantitative estimate of drug-likeness (QED) is 0.265. The maximum absolute atomic E-state index is 13.3. The number of aromatic nitrogens is 3. The molecule has 0 saturated carbocycles. The summed E-state index contributed by atoms with van der Waals surface area (Å²) in [6.07, 6.45) is 9.38. The summed E-state index contributed by atoms with van der Waals surface area (Å²) in [6.45, 7) is 1.21. The standard InChI is InChI=1S/C24H23ClN4O3S.ClH/c1-31-19-9-10-20(32-2)23-22(19)27-24(33-23)29(14-5-13-28-15-12-26-16-28)21(30)11-8-17-6-3-4-7-18(17)25;/h3-4,6-12,15-16H,5,13-14H2,1-2H3;1H/b11-8+;. The maximum atomic E-state index is 13.3. The van der Waals surface area contributed by atoms with Gasteiger partial charge in [-0.15, -0.1) is 12.4 Å². The smallest absolute Gasteiger partial charge is 0.252 e. The summed E-state index contributed by atoms with van der Waals surface area (Å²) in [5.41, 5.74) is 1.44. The van der Waals surface area contributed by atoms with Gasteiger partial charge in [-0.1, -0.05) is 41.1 Å². The minimum atomic E-state index is -0.183. The number of methoxy groups -OCH3 is 2. The number of ether oxygens (including phenoxy) is 2. The van der Waals surface area contributed by atoms with Gasteiger partial charge in [-0.2, -0.15) is 0 Å². The number of benzene rings is 2. The first-order chi connectivity index (χ1) is 16.1. The van der Waals surface area contributed by atoms with E-state index in [0.29, 0.717) is 33.7 Å². The van der Waals surface area contributed by atoms with Crippen molar-refractivity contribution in [1.29, 1.82) is 0 Å². The summed E-state index contributed by atoms with van der Waals surface area (Å²) in [5, 5.41) is 1.16. The lowest BCUT2D eigenvalue weighted by Crippen LogP contribution is -2.30. The number of thiazole rings is 1. The molecule has 2 aromatic heterocycles. The fourth-order valence-electron chi connectivity index (χ4n) is 3.38. The molecule has 34 heavy (non-hydrogen) atoms. The van der Waals surface area contributed by atoms with E-state index in [4.69, 9.17) is 26.1 Å². The summed E-state index contributed by atoms with van der Waals surface area (Å²) in [5.74, 6) is 1.13. The summed E-state index contributed by atoms with van der Waals surface area (Å²) < 4.78 is 13.8. The molecule has 0 spiro atoms. The molecule has 0 aliphatic rings. The predicted molar refractivity (Wildman–Crippen MR) is 140 cm³/mol. The highest BCUT2D eigenvalue weighted by Gasteiger charge is 2.21. The lowest BCUT2D eigenvalue weighted by Gasteiger charge is -2.18. The Hall–Kier alpha value is -3.07. The number of fused-ring (bicyclic) bond motifs is 1. The van der Waals surface area contributed by atoms with Crippen molar-refractivity contribution < 1.29 is 14.3 Å². The van der Waals surface area contributed by atoms with Crippen LogP contribution in [0.15, 0.2) is 61.2 Å². The van der Waals surface area contributed by atoms with Crippen molar-refractivity contribution in [2.24, 2.45) is 0 Å². The molecule has 0 radical (unpaired) electrons. The Morgan fingerprint density at radius 2 is 1.94 bits per heavy atom. The summed E-state index contributed by atoms with van der Waals surface area (Å²) in [6, 6.07) is 11.0. The number of imidazole rings is 1. The number of rotatable bonds is 9. The van der Waals surface area contributed by atoms with Crippen LogP contribution in [0.4, 0.5) is 5.13 Å². The Kier molecular flexibility index (Phi) is 8.92. The molecule has 0 saturated heterocycles. The number of amides is 1. The fourth-order valence-corrected chi connectivity index (χ4v) is 4.69. The summed E-state index contributed by atoms with van der Waals surface area (Å²) in [7, 11) is 3.21. The van der Waals surface area contributed by atoms with Gasteiger partial charge in [0.05, 0.1) is 20.5 Å². The van der Waals surface area contributed by atoms with Gasteiger partial charge < -0.3 is 14.0 Å². The lowest BCUT2D eigenvalue weighted by molar-refractivity contribution is -0.114. The van der Waals surface area contributed by atoms with Gasteiger partial charge >= 0.3 is 0 Å². The predicted octanol–water partition coefficient (Wildman–Crippen LogP) is 5.72. The van der Waals surface area contributed by atoms with Gasteiger partial charge in [-0.3, -0.25) is 9.69 Å². The van der Waals surface area contributed by atoms with Crippen LogP contribution in [0, 0.1) is 0 Å². The lowest BCUT2D eigenvalue weighted by atomic mass is 10.2. The third kappa shape index (κ3) is 5.70. The van der Waals surface area contributed by atoms with Crippen LogP contribution in [-0.4, -0.2) is 41.2 Å². The molecule has 4 aromatic rings. The average Bonchev–Trinajstić information content (AvgIpc) is 3.50. The van der Waals surface area contributed by atoms with Gasteiger partial charge in [-0.05, 0) is 36.3 Å². The SMILES string of the molecule is COc1ccc(OC)c2sc(N(CCCn3ccnc3)C(=O)/C=C/c3ccccc3Cl)nc12.Cl. The maximum Gasteiger partial charge on any atom is 0.252 e. The van der Waals surface area contributed by atoms with E-state index in [-0.39, 0.29) is 18.3 Å². The highest BCUT2D eigenvalue weighted by molar-refractivity contribution is 7.22. The molecule has 0 aliphatic heterocycles. The third-order valence-corrected chi connectivity index (χ3v) is 6.50. The Balaban J connectivity index is 0.00000324. The van der Waals surface area contributed by atoms with Crippen LogP contribution < -0.4 is 14.4 Å². The summed E-state index contributed by atoms with van der Waals surface area (Å²) >= 11 is 7.64. The Labute approximate surface area is 213 Å². The number of carbonyl (C=O) groups excluding carboxylic acids is 1. The molecule has 10 heteroatoms. The van der Waals surface area contributed by atoms with Gasteiger partial charge in [0, 0.05) is 36.6 Å². The van der Waals surface area contributed by atoms with Gasteiger partial charge in [0.2, 0.25) is 0 Å². The molecule has 0 atom stereocenters. The second kappa shape index (κ2) is 11.9. The topological polar surface area (TPSA) is 69.5 Å². The fraction of sp³-hybridized carbons (Fsp3) is 0.208. The van der Waals surface area contributed by atoms with Crippen LogP contribution in [-0.2, 0) is 11.3 Å². The zero-order valence-corrected chi connectivity index (χ0v) is 21.1. The molecule has 0 aliphatic carbocycles. The first-order valence-corrected chi connectivity index (χ1v) is 11.5. The van der Waals surface area contributed by atoms with E-state index in [1.807, 2.05) is 41.1 Å². The molecular weight excluding hydrogens is 495 g/mol. The largest absolute Gasteiger partial charge is 0.495 e. The minimum Gasteiger partial charge on any atom is -0.495 e. The summed E-state index contributed by atoms with van der Waals surface area (Å²) in [4.78, 5) is 23.8. The van der Waals surface area contributed by atoms with Gasteiger partial charge in [0.15, 0.2) is 5.13 Å². The molecule has 2 aromatic carbocycles. The molecule has 4 rings (SSSR count). The Morgan fingerprint density at radius 3 is 2.65 bits per heavy atom. The monoisotopic (exact) mass is 518 g/mol. The number of aryl methyl sites for hydroxylation is 1. The van der Waals surface area contributed by atoms with E-state index in [9.17, 15) is 4.79 Å². The minimum absolute atomic E-state index is 0. The molecule has 2 heterocycles. The molecule has 0 fully saturated rings. The zero-order valence-electron chi connectivity index (χ0n) is 18.7. The van der Waals surface area contributed by atoms with E-state index < -0.39 is 0 Å². The second-order valence-electron chi connectivity index (χ2n) is 7.14. The highest BCUT2D eigenvalue weighted by Crippen LogP contribution is 2.40. The van der Waals surface area contributed by atoms with E-state index >= 15 is 0 Å². The number of carbonyl (C=O) groups is 1. The van der Waals surface area contributed by atoms with Crippen LogP contribution >= 0.6 is 35.3 Å². The number of halogens is 2. The van der Waals surface area contributed by atoms with Crippen LogP contribution in [0.2, 0.25) is 5.02 Å². The van der Waals surface area contributed by atoms with E-state index in [1.165, 1.54) is 17.4 Å². The van der Waals surface area contributed by atoms with E-state index in [2.05, 4.69) is 4.98 Å². The highest BCUT2D eigenvalue weighted by atomic mass is 35.5. The number of anilines is 1. The first kappa shape index (κ1) is 25.6. The van der Waals surface area contributed by atoms with E-state index in [1.54, 1.807) is 43.8 Å². The Bertz CT molecular complexity index is 1230. The second-order valence-corrected chi connectivity index (χ2v) is 8.53. The van der Waals surface area contributed by atoms with Crippen molar-refractivity contribution in [1.82, 2.24) is 14.5 Å². The molecule has 0 N–H and O–H groups in total. The van der Waals surface area contributed by atoms with Crippen molar-refractivity contribution in [3.63, 3.8) is 0 Å². The average molecular weight is 519 g/mol. The molecule has 1 amide bonds. The van der Waals surface area contributed by atoms with Crippen molar-refractivity contribution in [2.45, 2.75) is 13.0 Å². The molecule has 0 unspecified atom stereocenters. The van der Waals surface area contributed by atoms with Crippen molar-refractivity contribution in [3.8, 4) is 11.5 Å². The van der Waals surface area contributed by atoms with Crippen molar-refractivity contribution >= 4 is 62.7 Å². The van der Waals surface area contributed by atoms with Crippen LogP contribution in [0.3, 0.4) is 0 Å². The third-order valence-electron chi connectivity index (χ3n) is 5.06. The van der Waals surface area contributed by atoms with Gasteiger partial charge in [0.1, 0.15) is 21.7 Å². The normalized spacial score (nSPS) is 10.9. The van der Waals surface area contributed by atoms with Gasteiger partial charge in [-0.25, -0.2) is 9.97 Å². The van der Waals surface area contributed by atoms with E-state index in [0.717, 1.165) is 23.2 Å². The molecular formula is C24H24Cl2N4O3S. The molecule has 7 nitrogen and oxygen atoms in total. The van der Waals surface area contributed by atoms with Gasteiger partial charge in [0.25, 0.3) is 5.91 Å². The van der Waals surface area contributed by atoms with Crippen LogP contribution in [0.5, 0.6) is 11.5 Å². The first-order valence-electron chi connectivity index (χ1n) is 10.3. The Morgan fingerprint density at radius 1 is 1.18 bits per heavy atom. The number of nitrogens with zero attached hydrogens (tertiary/aromatic N) is 4. The van der Waals surface area contributed by atoms with Crippen LogP contribution in [0.1, 0.15) is 12.0 Å². The number of hydrogen-bond donors (Lipinski definition) is 0. The molecule has 0 bridgehead atoms. The molecule has 178 valence electrons. The zero-order chi connectivity index (χ0) is 23.2. The van der Waals surface area contributed by atoms with Crippen LogP contribution in [0.25, 0.3) is 16.3 Å².